The molecular formula is C25H21BrN2O. The van der Waals surface area contributed by atoms with Gasteiger partial charge in [0, 0.05) is 34.0 Å². The Balaban J connectivity index is 1.75. The molecule has 0 aliphatic carbocycles. The van der Waals surface area contributed by atoms with Crippen LogP contribution < -0.4 is 0 Å². The van der Waals surface area contributed by atoms with Crippen molar-refractivity contribution in [2.75, 3.05) is 0 Å². The average molecular weight is 445 g/mol. The van der Waals surface area contributed by atoms with Gasteiger partial charge in [0.05, 0.1) is 11.2 Å². The van der Waals surface area contributed by atoms with Crippen molar-refractivity contribution in [2.45, 2.75) is 19.3 Å². The molecule has 0 aliphatic heterocycles. The Morgan fingerprint density at radius 3 is 2.55 bits per heavy atom. The normalized spacial score (nSPS) is 12.8. The molecule has 1 N–H and O–H groups in total. The minimum atomic E-state index is 0.0831. The van der Waals surface area contributed by atoms with E-state index in [1.54, 1.807) is 6.20 Å². The molecular weight excluding hydrogens is 424 g/mol. The lowest BCUT2D eigenvalue weighted by atomic mass is 9.83. The van der Waals surface area contributed by atoms with Gasteiger partial charge in [0.15, 0.2) is 0 Å². The second kappa shape index (κ2) is 8.58. The Morgan fingerprint density at radius 2 is 1.79 bits per heavy atom. The van der Waals surface area contributed by atoms with Crippen molar-refractivity contribution < 1.29 is 5.21 Å². The first-order valence-corrected chi connectivity index (χ1v) is 10.3. The van der Waals surface area contributed by atoms with Gasteiger partial charge in [-0.05, 0) is 53.9 Å². The van der Waals surface area contributed by atoms with Crippen molar-refractivity contribution in [3.8, 4) is 0 Å². The van der Waals surface area contributed by atoms with Gasteiger partial charge >= 0.3 is 0 Å². The summed E-state index contributed by atoms with van der Waals surface area (Å²) in [4.78, 5) is 4.38. The number of nitrogens with zero attached hydrogens (tertiary/aromatic N) is 2. The number of hydrogen-bond acceptors (Lipinski definition) is 3. The van der Waals surface area contributed by atoms with Gasteiger partial charge < -0.3 is 5.21 Å². The van der Waals surface area contributed by atoms with Gasteiger partial charge in [0.2, 0.25) is 0 Å². The largest absolute Gasteiger partial charge is 0.411 e. The van der Waals surface area contributed by atoms with Crippen LogP contribution in [-0.4, -0.2) is 15.9 Å². The number of hydrogen-bond donors (Lipinski definition) is 1. The summed E-state index contributed by atoms with van der Waals surface area (Å²) in [6.45, 7) is 2.12. The van der Waals surface area contributed by atoms with Crippen LogP contribution in [0, 0.1) is 6.92 Å². The van der Waals surface area contributed by atoms with E-state index in [2.05, 4.69) is 81.5 Å². The highest BCUT2D eigenvalue weighted by molar-refractivity contribution is 9.10. The molecule has 4 aromatic rings. The third kappa shape index (κ3) is 4.22. The quantitative estimate of drug-likeness (QED) is 0.211. The second-order valence-corrected chi connectivity index (χ2v) is 8.04. The zero-order chi connectivity index (χ0) is 20.2. The average Bonchev–Trinajstić information content (AvgIpc) is 2.76. The maximum absolute atomic E-state index is 9.87. The Labute approximate surface area is 178 Å². The van der Waals surface area contributed by atoms with Crippen LogP contribution >= 0.6 is 15.9 Å². The number of oxime groups is 1. The van der Waals surface area contributed by atoms with Gasteiger partial charge in [-0.3, -0.25) is 4.98 Å². The smallest absolute Gasteiger partial charge is 0.0877 e. The molecule has 4 rings (SSSR count). The van der Waals surface area contributed by atoms with Gasteiger partial charge in [0.1, 0.15) is 0 Å². The first kappa shape index (κ1) is 19.3. The summed E-state index contributed by atoms with van der Waals surface area (Å²) in [5.74, 6) is 0.0831. The van der Waals surface area contributed by atoms with Gasteiger partial charge in [-0.2, -0.15) is 0 Å². The maximum atomic E-state index is 9.87. The van der Waals surface area contributed by atoms with Crippen LogP contribution in [0.2, 0.25) is 0 Å². The fourth-order valence-electron chi connectivity index (χ4n) is 3.75. The molecule has 0 aliphatic rings. The van der Waals surface area contributed by atoms with Crippen LogP contribution in [0.25, 0.3) is 10.9 Å². The molecule has 4 heteroatoms. The molecule has 3 aromatic carbocycles. The maximum Gasteiger partial charge on any atom is 0.0877 e. The van der Waals surface area contributed by atoms with Gasteiger partial charge in [-0.25, -0.2) is 0 Å². The van der Waals surface area contributed by atoms with E-state index in [-0.39, 0.29) is 5.92 Å². The van der Waals surface area contributed by atoms with E-state index < -0.39 is 0 Å². The highest BCUT2D eigenvalue weighted by atomic mass is 79.9. The van der Waals surface area contributed by atoms with E-state index in [0.29, 0.717) is 12.1 Å². The number of halogens is 1. The van der Waals surface area contributed by atoms with Crippen LogP contribution in [0.5, 0.6) is 0 Å². The van der Waals surface area contributed by atoms with E-state index in [1.165, 1.54) is 16.7 Å². The first-order chi connectivity index (χ1) is 14.2. The summed E-state index contributed by atoms with van der Waals surface area (Å²) in [5.41, 5.74) is 6.14. The number of fused-ring (bicyclic) bond motifs is 1. The number of aryl methyl sites for hydroxylation is 1. The van der Waals surface area contributed by atoms with Crippen molar-refractivity contribution in [3.05, 3.63) is 112 Å². The standard InChI is InChI=1S/C25H21BrN2O/c1-17-5-2-3-7-22(17)23(18-8-11-21(26)12-9-18)16-25(28-29)20-10-13-24-19(15-20)6-4-14-27-24/h2-15,23,29H,16H2,1H3/b28-25+. The third-order valence-electron chi connectivity index (χ3n) is 5.29. The summed E-state index contributed by atoms with van der Waals surface area (Å²) in [6.07, 6.45) is 2.37. The molecule has 1 heterocycles. The van der Waals surface area contributed by atoms with Crippen LogP contribution in [-0.2, 0) is 0 Å². The van der Waals surface area contributed by atoms with E-state index in [0.717, 1.165) is 20.9 Å². The Hall–Kier alpha value is -2.98. The highest BCUT2D eigenvalue weighted by Gasteiger charge is 2.20. The predicted molar refractivity (Wildman–Crippen MR) is 122 cm³/mol. The minimum absolute atomic E-state index is 0.0831. The Bertz CT molecular complexity index is 1170. The van der Waals surface area contributed by atoms with E-state index in [1.807, 2.05) is 30.3 Å². The fourth-order valence-corrected chi connectivity index (χ4v) is 4.01. The monoisotopic (exact) mass is 444 g/mol. The molecule has 0 saturated heterocycles. The number of aromatic nitrogens is 1. The fraction of sp³-hybridized carbons (Fsp3) is 0.120. The number of benzene rings is 3. The van der Waals surface area contributed by atoms with Crippen LogP contribution in [0.1, 0.15) is 34.6 Å². The lowest BCUT2D eigenvalue weighted by Gasteiger charge is -2.21. The minimum Gasteiger partial charge on any atom is -0.411 e. The molecule has 144 valence electrons. The van der Waals surface area contributed by atoms with Crippen molar-refractivity contribution >= 4 is 32.5 Å². The first-order valence-electron chi connectivity index (χ1n) is 9.53. The number of rotatable bonds is 5. The summed E-state index contributed by atoms with van der Waals surface area (Å²) < 4.78 is 1.04. The lowest BCUT2D eigenvalue weighted by molar-refractivity contribution is 0.317. The van der Waals surface area contributed by atoms with Crippen LogP contribution in [0.3, 0.4) is 0 Å². The number of pyridine rings is 1. The Morgan fingerprint density at radius 1 is 1.00 bits per heavy atom. The molecule has 0 fully saturated rings. The SMILES string of the molecule is Cc1ccccc1C(C/C(=N\O)c1ccc2ncccc2c1)c1ccc(Br)cc1. The van der Waals surface area contributed by atoms with Crippen molar-refractivity contribution in [3.63, 3.8) is 0 Å². The van der Waals surface area contributed by atoms with E-state index in [4.69, 9.17) is 0 Å². The Kier molecular flexibility index (Phi) is 5.72. The summed E-state index contributed by atoms with van der Waals surface area (Å²) in [6, 6.07) is 26.7. The summed E-state index contributed by atoms with van der Waals surface area (Å²) >= 11 is 3.52. The molecule has 0 radical (unpaired) electrons. The van der Waals surface area contributed by atoms with Crippen LogP contribution in [0.15, 0.2) is 94.7 Å². The topological polar surface area (TPSA) is 45.5 Å². The van der Waals surface area contributed by atoms with Crippen molar-refractivity contribution in [1.29, 1.82) is 0 Å². The summed E-state index contributed by atoms with van der Waals surface area (Å²) in [7, 11) is 0. The lowest BCUT2D eigenvalue weighted by Crippen LogP contribution is -2.11. The van der Waals surface area contributed by atoms with Crippen LogP contribution in [0.4, 0.5) is 0 Å². The van der Waals surface area contributed by atoms with Gasteiger partial charge in [0.25, 0.3) is 0 Å². The molecule has 29 heavy (non-hydrogen) atoms. The van der Waals surface area contributed by atoms with Crippen molar-refractivity contribution in [1.82, 2.24) is 4.98 Å². The zero-order valence-electron chi connectivity index (χ0n) is 16.1. The molecule has 1 atom stereocenters. The highest BCUT2D eigenvalue weighted by Crippen LogP contribution is 2.33. The molecule has 0 spiro atoms. The molecule has 1 aromatic heterocycles. The van der Waals surface area contributed by atoms with E-state index in [9.17, 15) is 5.21 Å². The second-order valence-electron chi connectivity index (χ2n) is 7.12. The summed E-state index contributed by atoms with van der Waals surface area (Å²) in [5, 5.41) is 14.6. The molecule has 0 bridgehead atoms. The molecule has 0 amide bonds. The molecule has 1 unspecified atom stereocenters. The van der Waals surface area contributed by atoms with Gasteiger partial charge in [-0.15, -0.1) is 0 Å². The van der Waals surface area contributed by atoms with Gasteiger partial charge in [-0.1, -0.05) is 69.6 Å². The van der Waals surface area contributed by atoms with Crippen molar-refractivity contribution in [2.24, 2.45) is 5.16 Å². The van der Waals surface area contributed by atoms with E-state index >= 15 is 0 Å². The molecule has 3 nitrogen and oxygen atoms in total. The predicted octanol–water partition coefficient (Wildman–Crippen LogP) is 6.71. The molecule has 0 saturated carbocycles. The zero-order valence-corrected chi connectivity index (χ0v) is 17.7. The third-order valence-corrected chi connectivity index (χ3v) is 5.82.